The summed E-state index contributed by atoms with van der Waals surface area (Å²) in [5, 5.41) is 3.30. The van der Waals surface area contributed by atoms with Gasteiger partial charge in [-0.25, -0.2) is 0 Å². The Kier molecular flexibility index (Phi) is 5.78. The highest BCUT2D eigenvalue weighted by Gasteiger charge is 2.50. The average molecular weight is 353 g/mol. The van der Waals surface area contributed by atoms with Crippen molar-refractivity contribution < 1.29 is 9.59 Å². The molecule has 2 amide bonds. The number of thioether (sulfide) groups is 1. The molecule has 5 heteroatoms. The Hall–Kier alpha value is -0.710. The Balaban J connectivity index is 1.75. The third-order valence-corrected chi connectivity index (χ3v) is 6.95. The lowest BCUT2D eigenvalue weighted by Crippen LogP contribution is -2.62. The van der Waals surface area contributed by atoms with E-state index in [1.165, 1.54) is 12.8 Å². The summed E-state index contributed by atoms with van der Waals surface area (Å²) in [5.41, 5.74) is -0.573. The second-order valence-electron chi connectivity index (χ2n) is 8.30. The van der Waals surface area contributed by atoms with Crippen LogP contribution in [0.25, 0.3) is 0 Å². The molecule has 2 saturated heterocycles. The van der Waals surface area contributed by atoms with Crippen molar-refractivity contribution in [1.29, 1.82) is 0 Å². The van der Waals surface area contributed by atoms with Gasteiger partial charge in [-0.1, -0.05) is 26.7 Å². The Morgan fingerprint density at radius 1 is 1.29 bits per heavy atom. The van der Waals surface area contributed by atoms with Crippen molar-refractivity contribution in [3.8, 4) is 0 Å². The molecule has 0 unspecified atom stereocenters. The van der Waals surface area contributed by atoms with Gasteiger partial charge in [0.25, 0.3) is 0 Å². The zero-order valence-corrected chi connectivity index (χ0v) is 16.0. The van der Waals surface area contributed by atoms with Crippen molar-refractivity contribution in [2.75, 3.05) is 18.1 Å². The van der Waals surface area contributed by atoms with Crippen molar-refractivity contribution in [3.05, 3.63) is 0 Å². The van der Waals surface area contributed by atoms with Crippen molar-refractivity contribution in [3.63, 3.8) is 0 Å². The normalized spacial score (nSPS) is 27.9. The van der Waals surface area contributed by atoms with Gasteiger partial charge in [-0.3, -0.25) is 9.59 Å². The zero-order valence-electron chi connectivity index (χ0n) is 15.2. The molecule has 1 aliphatic carbocycles. The Morgan fingerprint density at radius 3 is 2.58 bits per heavy atom. The Labute approximate surface area is 150 Å². The summed E-state index contributed by atoms with van der Waals surface area (Å²) in [4.78, 5) is 28.0. The van der Waals surface area contributed by atoms with Crippen LogP contribution in [0.3, 0.4) is 0 Å². The molecule has 1 atom stereocenters. The fourth-order valence-corrected chi connectivity index (χ4v) is 5.91. The molecule has 0 aromatic carbocycles. The summed E-state index contributed by atoms with van der Waals surface area (Å²) in [6, 6.07) is 0.327. The van der Waals surface area contributed by atoms with Crippen LogP contribution in [-0.2, 0) is 9.59 Å². The summed E-state index contributed by atoms with van der Waals surface area (Å²) in [6.07, 6.45) is 7.97. The monoisotopic (exact) mass is 352 g/mol. The molecule has 136 valence electrons. The molecule has 1 saturated carbocycles. The fourth-order valence-electron chi connectivity index (χ4n) is 4.74. The first-order chi connectivity index (χ1) is 11.5. The molecular formula is C19H32N2O2S. The van der Waals surface area contributed by atoms with Crippen LogP contribution in [-0.4, -0.2) is 46.3 Å². The van der Waals surface area contributed by atoms with E-state index >= 15 is 0 Å². The fraction of sp³-hybridized carbons (Fsp3) is 0.895. The van der Waals surface area contributed by atoms with Gasteiger partial charge < -0.3 is 10.2 Å². The van der Waals surface area contributed by atoms with Crippen LogP contribution in [0.15, 0.2) is 0 Å². The maximum Gasteiger partial charge on any atom is 0.246 e. The quantitative estimate of drug-likeness (QED) is 0.826. The summed E-state index contributed by atoms with van der Waals surface area (Å²) < 4.78 is 0. The van der Waals surface area contributed by atoms with E-state index < -0.39 is 5.54 Å². The zero-order chi connectivity index (χ0) is 17.2. The number of hydrogen-bond acceptors (Lipinski definition) is 3. The minimum absolute atomic E-state index is 0.133. The lowest BCUT2D eigenvalue weighted by Gasteiger charge is -2.43. The molecule has 3 aliphatic rings. The van der Waals surface area contributed by atoms with Crippen LogP contribution in [0, 0.1) is 11.8 Å². The third kappa shape index (κ3) is 3.76. The van der Waals surface area contributed by atoms with E-state index in [2.05, 4.69) is 19.2 Å². The van der Waals surface area contributed by atoms with Crippen LogP contribution in [0.2, 0.25) is 0 Å². The van der Waals surface area contributed by atoms with Gasteiger partial charge in [-0.15, -0.1) is 0 Å². The highest BCUT2D eigenvalue weighted by Crippen LogP contribution is 2.38. The summed E-state index contributed by atoms with van der Waals surface area (Å²) >= 11 is 1.91. The van der Waals surface area contributed by atoms with Crippen LogP contribution in [0.5, 0.6) is 0 Å². The van der Waals surface area contributed by atoms with E-state index in [9.17, 15) is 9.59 Å². The molecule has 24 heavy (non-hydrogen) atoms. The second kappa shape index (κ2) is 7.67. The molecule has 0 spiro atoms. The van der Waals surface area contributed by atoms with Crippen LogP contribution < -0.4 is 5.32 Å². The number of amides is 2. The topological polar surface area (TPSA) is 49.4 Å². The molecule has 0 bridgehead atoms. The van der Waals surface area contributed by atoms with Crippen molar-refractivity contribution in [2.24, 2.45) is 11.8 Å². The number of nitrogens with zero attached hydrogens (tertiary/aromatic N) is 1. The smallest absolute Gasteiger partial charge is 0.246 e. The maximum atomic E-state index is 13.2. The van der Waals surface area contributed by atoms with E-state index in [-0.39, 0.29) is 11.8 Å². The van der Waals surface area contributed by atoms with Gasteiger partial charge in [0.2, 0.25) is 11.8 Å². The van der Waals surface area contributed by atoms with Crippen molar-refractivity contribution in [1.82, 2.24) is 10.2 Å². The molecule has 1 N–H and O–H groups in total. The number of nitrogens with one attached hydrogen (secondary N) is 1. The molecule has 0 radical (unpaired) electrons. The lowest BCUT2D eigenvalue weighted by molar-refractivity contribution is -0.145. The van der Waals surface area contributed by atoms with E-state index in [1.54, 1.807) is 0 Å². The minimum Gasteiger partial charge on any atom is -0.351 e. The number of hydrogen-bond donors (Lipinski definition) is 1. The van der Waals surface area contributed by atoms with Gasteiger partial charge in [0.1, 0.15) is 5.54 Å². The van der Waals surface area contributed by atoms with E-state index in [0.717, 1.165) is 50.2 Å². The van der Waals surface area contributed by atoms with Gasteiger partial charge in [0, 0.05) is 19.0 Å². The predicted molar refractivity (Wildman–Crippen MR) is 99.0 cm³/mol. The summed E-state index contributed by atoms with van der Waals surface area (Å²) in [5.74, 6) is 3.33. The molecular weight excluding hydrogens is 320 g/mol. The van der Waals surface area contributed by atoms with Gasteiger partial charge in [0.15, 0.2) is 0 Å². The van der Waals surface area contributed by atoms with Crippen molar-refractivity contribution in [2.45, 2.75) is 76.8 Å². The predicted octanol–water partition coefficient (Wildman–Crippen LogP) is 3.21. The first-order valence-corrected chi connectivity index (χ1v) is 10.9. The molecule has 2 aliphatic heterocycles. The summed E-state index contributed by atoms with van der Waals surface area (Å²) in [6.45, 7) is 5.21. The first-order valence-electron chi connectivity index (χ1n) is 9.70. The van der Waals surface area contributed by atoms with Crippen LogP contribution in [0.1, 0.15) is 65.2 Å². The molecule has 3 fully saturated rings. The van der Waals surface area contributed by atoms with Gasteiger partial charge in [-0.2, -0.15) is 11.8 Å². The van der Waals surface area contributed by atoms with Crippen LogP contribution >= 0.6 is 11.8 Å². The average Bonchev–Trinajstić information content (AvgIpc) is 3.17. The molecule has 3 rings (SSSR count). The molecule has 2 heterocycles. The number of likely N-dealkylation sites (tertiary alicyclic amines) is 1. The molecule has 0 aromatic rings. The Morgan fingerprint density at radius 2 is 1.96 bits per heavy atom. The highest BCUT2D eigenvalue weighted by molar-refractivity contribution is 7.99. The van der Waals surface area contributed by atoms with E-state index in [4.69, 9.17) is 0 Å². The van der Waals surface area contributed by atoms with Gasteiger partial charge >= 0.3 is 0 Å². The third-order valence-electron chi connectivity index (χ3n) is 5.96. The van der Waals surface area contributed by atoms with E-state index in [0.29, 0.717) is 24.3 Å². The largest absolute Gasteiger partial charge is 0.351 e. The van der Waals surface area contributed by atoms with E-state index in [1.807, 2.05) is 16.7 Å². The second-order valence-corrected chi connectivity index (χ2v) is 9.53. The number of carbonyl (C=O) groups is 2. The van der Waals surface area contributed by atoms with Gasteiger partial charge in [-0.05, 0) is 55.4 Å². The Bertz CT molecular complexity index is 468. The maximum absolute atomic E-state index is 13.2. The SMILES string of the molecule is CC(C)C[C@@H]1CC(=O)N(C2(C(=O)NC3CCCC3)CCSCC2)C1. The molecule has 0 aromatic heterocycles. The molecule has 4 nitrogen and oxygen atoms in total. The summed E-state index contributed by atoms with van der Waals surface area (Å²) in [7, 11) is 0. The van der Waals surface area contributed by atoms with Crippen LogP contribution in [0.4, 0.5) is 0 Å². The van der Waals surface area contributed by atoms with Gasteiger partial charge in [0.05, 0.1) is 0 Å². The standard InChI is InChI=1S/C19H32N2O2S/c1-14(2)11-15-12-17(22)21(13-15)19(7-9-24-10-8-19)18(23)20-16-5-3-4-6-16/h14-16H,3-13H2,1-2H3,(H,20,23)/t15-/m1/s1. The number of carbonyl (C=O) groups excluding carboxylic acids is 2. The van der Waals surface area contributed by atoms with Crippen molar-refractivity contribution >= 4 is 23.6 Å². The number of rotatable bonds is 5. The first kappa shape index (κ1) is 18.1. The lowest BCUT2D eigenvalue weighted by atomic mass is 9.88. The highest BCUT2D eigenvalue weighted by atomic mass is 32.2. The minimum atomic E-state index is -0.573.